The lowest BCUT2D eigenvalue weighted by molar-refractivity contribution is -0.0549. The number of aliphatic hydroxyl groups excluding tert-OH is 1. The summed E-state index contributed by atoms with van der Waals surface area (Å²) in [5.74, 6) is 2.32. The number of aromatic nitrogens is 4. The van der Waals surface area contributed by atoms with Gasteiger partial charge in [-0.2, -0.15) is 0 Å². The van der Waals surface area contributed by atoms with Crippen molar-refractivity contribution in [1.82, 2.24) is 19.5 Å². The number of aliphatic hydroxyl groups is 2. The van der Waals surface area contributed by atoms with Gasteiger partial charge in [0.05, 0.1) is 38.9 Å². The van der Waals surface area contributed by atoms with E-state index < -0.39 is 12.4 Å². The number of carbonyl (C=O) groups excluding carboxylic acids is 1. The maximum absolute atomic E-state index is 12.8. The number of nitrogens with two attached hydrogens (primary N) is 1. The maximum atomic E-state index is 12.8. The second-order valence-electron chi connectivity index (χ2n) is 15.8. The predicted octanol–water partition coefficient (Wildman–Crippen LogP) is 10.4. The van der Waals surface area contributed by atoms with E-state index in [1.807, 2.05) is 117 Å². The largest absolute Gasteiger partial charge is 0.497 e. The minimum atomic E-state index is -0.961. The van der Waals surface area contributed by atoms with Gasteiger partial charge >= 0.3 is 0 Å². The Morgan fingerprint density at radius 3 is 1.66 bits per heavy atom. The van der Waals surface area contributed by atoms with Gasteiger partial charge in [0, 0.05) is 34.6 Å². The van der Waals surface area contributed by atoms with Gasteiger partial charge in [-0.15, -0.1) is 25.7 Å². The van der Waals surface area contributed by atoms with Gasteiger partial charge in [-0.3, -0.25) is 4.79 Å². The first-order valence-corrected chi connectivity index (χ1v) is 25.9. The molecule has 2 atom stereocenters. The Kier molecular flexibility index (Phi) is 39.8. The van der Waals surface area contributed by atoms with Crippen LogP contribution < -0.4 is 20.5 Å². The van der Waals surface area contributed by atoms with E-state index in [-0.39, 0.29) is 33.0 Å². The lowest BCUT2D eigenvalue weighted by atomic mass is 9.80. The van der Waals surface area contributed by atoms with Crippen LogP contribution in [0.5, 0.6) is 11.5 Å². The molecule has 406 valence electrons. The normalized spacial score (nSPS) is 10.7. The summed E-state index contributed by atoms with van der Waals surface area (Å²) in [5, 5.41) is 17.1. The van der Waals surface area contributed by atoms with E-state index >= 15 is 0 Å². The van der Waals surface area contributed by atoms with E-state index in [0.29, 0.717) is 42.1 Å². The monoisotopic (exact) mass is 1040 g/mol. The summed E-state index contributed by atoms with van der Waals surface area (Å²) in [7, 11) is 5.07. The third-order valence-electron chi connectivity index (χ3n) is 10.3. The Bertz CT molecular complexity index is 2270. The van der Waals surface area contributed by atoms with Crippen LogP contribution in [0.1, 0.15) is 102 Å². The minimum Gasteiger partial charge on any atom is -0.497 e. The summed E-state index contributed by atoms with van der Waals surface area (Å²) in [6.07, 6.45) is 21.5. The quantitative estimate of drug-likeness (QED) is 0.0209. The van der Waals surface area contributed by atoms with Crippen molar-refractivity contribution in [3.05, 3.63) is 144 Å². The molecular weight excluding hydrogens is 956 g/mol. The standard InChI is InChI=1S/C38H37N5O5.C10H23NO.2C2H6.2C2H2.CH4O2.CH5OP/c1-45-31-18-14-29(15-19-31)38(28-12-8-5-9-13-28,30-16-20-32(46-2)21-17-30)48-24-33(47-3)22-23-43-26-41-34-35(39-25-40-36(34)43)42-37(44)27-10-6-4-7-11-27;1-9(2)5-8-12-10(3,4)6-7-11;4*1-2;2-1-3;1-3-2/h4-21,25-26,33H,22-24H2,1-3H3,(H,39,40,42,44);9H,5-8,11H2,1-4H3;2*1-2H3;2*1-2H;2-3H,1H2;2-3H,1H3/t33-;;;;;;;/m0......./s1. The van der Waals surface area contributed by atoms with E-state index in [0.717, 1.165) is 53.6 Å². The number of anilines is 1. The Morgan fingerprint density at radius 2 is 1.22 bits per heavy atom. The third-order valence-corrected chi connectivity index (χ3v) is 10.3. The number of amides is 1. The highest BCUT2D eigenvalue weighted by Crippen LogP contribution is 2.42. The van der Waals surface area contributed by atoms with Crippen LogP contribution in [0, 0.1) is 31.6 Å². The molecule has 1 amide bonds. The second-order valence-corrected chi connectivity index (χ2v) is 16.3. The molecular formula is C58H85N6O9P. The zero-order valence-electron chi connectivity index (χ0n) is 45.8. The molecule has 0 radical (unpaired) electrons. The number of nitrogens with zero attached hydrogens (tertiary/aromatic N) is 4. The Morgan fingerprint density at radius 1 is 0.743 bits per heavy atom. The summed E-state index contributed by atoms with van der Waals surface area (Å²) in [6, 6.07) is 35.0. The molecule has 16 heteroatoms. The molecule has 0 aliphatic heterocycles. The van der Waals surface area contributed by atoms with E-state index in [9.17, 15) is 4.79 Å². The molecule has 2 heterocycles. The summed E-state index contributed by atoms with van der Waals surface area (Å²) in [5.41, 5.74) is 8.97. The van der Waals surface area contributed by atoms with Gasteiger partial charge in [-0.05, 0) is 105 Å². The Balaban J connectivity index is 0. The molecule has 0 spiro atoms. The van der Waals surface area contributed by atoms with Crippen molar-refractivity contribution >= 4 is 31.7 Å². The minimum absolute atomic E-state index is 0.0381. The van der Waals surface area contributed by atoms with Crippen molar-refractivity contribution in [2.75, 3.05) is 59.9 Å². The van der Waals surface area contributed by atoms with Crippen molar-refractivity contribution in [2.24, 2.45) is 11.7 Å². The highest BCUT2D eigenvalue weighted by Gasteiger charge is 2.38. The molecule has 2 aromatic heterocycles. The number of nitrogens with one attached hydrogen (secondary N) is 1. The van der Waals surface area contributed by atoms with E-state index in [1.54, 1.807) is 46.5 Å². The summed E-state index contributed by atoms with van der Waals surface area (Å²) >= 11 is 0. The number of hydrogen-bond donors (Lipinski definition) is 5. The average Bonchev–Trinajstić information content (AvgIpc) is 3.87. The first-order valence-electron chi connectivity index (χ1n) is 24.4. The first-order chi connectivity index (χ1) is 35.9. The fraction of sp³-hybridized carbons (Fsp3) is 0.414. The van der Waals surface area contributed by atoms with Crippen molar-refractivity contribution in [2.45, 2.75) is 98.5 Å². The van der Waals surface area contributed by atoms with Crippen molar-refractivity contribution in [3.8, 4) is 37.2 Å². The van der Waals surface area contributed by atoms with Crippen LogP contribution in [0.25, 0.3) is 11.2 Å². The molecule has 4 aromatic carbocycles. The van der Waals surface area contributed by atoms with Gasteiger partial charge in [0.25, 0.3) is 5.91 Å². The number of aryl methyl sites for hydroxylation is 1. The summed E-state index contributed by atoms with van der Waals surface area (Å²) in [4.78, 5) is 33.7. The highest BCUT2D eigenvalue weighted by molar-refractivity contribution is 7.29. The Hall–Kier alpha value is -6.23. The van der Waals surface area contributed by atoms with Crippen LogP contribution in [0.15, 0.2) is 122 Å². The lowest BCUT2D eigenvalue weighted by Crippen LogP contribution is -2.36. The first kappa shape index (κ1) is 69.8. The molecule has 0 bridgehead atoms. The SMILES string of the molecule is C#C.C#C.CC.CC.CC(C)CCOC(C)(C)CCN.COc1ccc(C(OC[C@H](CCn2cnc3c(NC(=O)c4ccccc4)ncnc32)OC)(c2ccccc2)c2ccc(OC)cc2)cc1.CPO.OCO. The molecule has 0 aliphatic carbocycles. The number of fused-ring (bicyclic) bond motifs is 1. The zero-order valence-corrected chi connectivity index (χ0v) is 46.8. The van der Waals surface area contributed by atoms with Gasteiger partial charge < -0.3 is 54.4 Å². The van der Waals surface area contributed by atoms with Crippen molar-refractivity contribution in [1.29, 1.82) is 0 Å². The fourth-order valence-electron chi connectivity index (χ4n) is 6.74. The number of terminal acetylenes is 2. The Labute approximate surface area is 444 Å². The molecule has 15 nitrogen and oxygen atoms in total. The van der Waals surface area contributed by atoms with Crippen LogP contribution in [0.2, 0.25) is 0 Å². The van der Waals surface area contributed by atoms with Gasteiger partial charge in [0.2, 0.25) is 0 Å². The third kappa shape index (κ3) is 24.2. The highest BCUT2D eigenvalue weighted by atomic mass is 31.1. The second kappa shape index (κ2) is 42.2. The molecule has 0 saturated carbocycles. The average molecular weight is 1040 g/mol. The molecule has 6 rings (SSSR count). The van der Waals surface area contributed by atoms with Crippen molar-refractivity contribution < 1.29 is 43.6 Å². The smallest absolute Gasteiger partial charge is 0.256 e. The molecule has 0 saturated heterocycles. The molecule has 6 aromatic rings. The topological polar surface area (TPSA) is 206 Å². The van der Waals surface area contributed by atoms with E-state index in [4.69, 9.17) is 44.5 Å². The zero-order chi connectivity index (χ0) is 56.4. The van der Waals surface area contributed by atoms with E-state index in [1.165, 1.54) is 6.33 Å². The van der Waals surface area contributed by atoms with Crippen LogP contribution in [-0.4, -0.2) is 107 Å². The van der Waals surface area contributed by atoms with Gasteiger partial charge in [0.1, 0.15) is 30.2 Å². The number of hydrogen-bond acceptors (Lipinski definition) is 13. The molecule has 0 fully saturated rings. The van der Waals surface area contributed by atoms with Crippen LogP contribution in [0.3, 0.4) is 0 Å². The van der Waals surface area contributed by atoms with Crippen LogP contribution in [0.4, 0.5) is 5.82 Å². The predicted molar refractivity (Wildman–Crippen MR) is 305 cm³/mol. The number of rotatable bonds is 20. The summed E-state index contributed by atoms with van der Waals surface area (Å²) < 4.78 is 31.6. The molecule has 0 aliphatic rings. The van der Waals surface area contributed by atoms with Gasteiger partial charge in [-0.25, -0.2) is 15.0 Å². The van der Waals surface area contributed by atoms with Gasteiger partial charge in [0.15, 0.2) is 17.0 Å². The number of ether oxygens (including phenoxy) is 5. The number of methoxy groups -OCH3 is 3. The molecule has 1 unspecified atom stereocenters. The number of carbonyl (C=O) groups is 1. The fourth-order valence-corrected chi connectivity index (χ4v) is 6.74. The number of imidazole rings is 1. The molecule has 6 N–H and O–H groups in total. The van der Waals surface area contributed by atoms with E-state index in [2.05, 4.69) is 85.8 Å². The van der Waals surface area contributed by atoms with Gasteiger partial charge in [-0.1, -0.05) is 114 Å². The number of benzene rings is 4. The van der Waals surface area contributed by atoms with Crippen molar-refractivity contribution in [3.63, 3.8) is 0 Å². The maximum Gasteiger partial charge on any atom is 0.256 e. The lowest BCUT2D eigenvalue weighted by Gasteiger charge is -2.37. The van der Waals surface area contributed by atoms with Crippen LogP contribution in [-0.2, 0) is 26.4 Å². The summed E-state index contributed by atoms with van der Waals surface area (Å²) in [6.45, 7) is 20.0. The van der Waals surface area contributed by atoms with Crippen LogP contribution >= 0.6 is 8.81 Å². The molecule has 74 heavy (non-hydrogen) atoms.